The molecule has 6 nitrogen and oxygen atoms in total. The lowest BCUT2D eigenvalue weighted by Gasteiger charge is -2.25. The summed E-state index contributed by atoms with van der Waals surface area (Å²) in [7, 11) is 0. The molecule has 4 rings (SSSR count). The highest BCUT2D eigenvalue weighted by atomic mass is 19.1. The van der Waals surface area contributed by atoms with Crippen LogP contribution in [0.2, 0.25) is 0 Å². The zero-order valence-corrected chi connectivity index (χ0v) is 18.8. The van der Waals surface area contributed by atoms with E-state index < -0.39 is 23.5 Å². The van der Waals surface area contributed by atoms with Crippen LogP contribution in [-0.4, -0.2) is 33.4 Å². The molecule has 174 valence electrons. The highest BCUT2D eigenvalue weighted by Gasteiger charge is 2.46. The smallest absolute Gasteiger partial charge is 0.295 e. The van der Waals surface area contributed by atoms with Crippen LogP contribution >= 0.6 is 0 Å². The fraction of sp³-hybridized carbons (Fsp3) is 0.185. The van der Waals surface area contributed by atoms with Crippen LogP contribution in [0.1, 0.15) is 35.2 Å². The number of phenolic OH excluding ortho intramolecular Hbond substituents is 1. The zero-order chi connectivity index (χ0) is 24.4. The largest absolute Gasteiger partial charge is 0.508 e. The molecule has 2 N–H and O–H groups in total. The molecule has 1 heterocycles. The van der Waals surface area contributed by atoms with Gasteiger partial charge in [0, 0.05) is 12.1 Å². The number of likely N-dealkylation sites (tertiary alicyclic amines) is 1. The van der Waals surface area contributed by atoms with Crippen molar-refractivity contribution in [1.82, 2.24) is 4.90 Å². The van der Waals surface area contributed by atoms with Crippen molar-refractivity contribution >= 4 is 17.4 Å². The lowest BCUT2D eigenvalue weighted by atomic mass is 9.94. The van der Waals surface area contributed by atoms with E-state index in [1.807, 2.05) is 13.8 Å². The van der Waals surface area contributed by atoms with Crippen LogP contribution < -0.4 is 4.74 Å². The summed E-state index contributed by atoms with van der Waals surface area (Å²) in [5.41, 5.74) is 2.13. The van der Waals surface area contributed by atoms with Gasteiger partial charge in [0.15, 0.2) is 0 Å². The Balaban J connectivity index is 1.84. The van der Waals surface area contributed by atoms with Gasteiger partial charge in [0.25, 0.3) is 11.7 Å². The number of rotatable bonds is 6. The van der Waals surface area contributed by atoms with Gasteiger partial charge in [-0.1, -0.05) is 24.3 Å². The van der Waals surface area contributed by atoms with E-state index in [1.54, 1.807) is 30.3 Å². The van der Waals surface area contributed by atoms with Gasteiger partial charge >= 0.3 is 0 Å². The van der Waals surface area contributed by atoms with Gasteiger partial charge in [-0.3, -0.25) is 9.59 Å². The Kier molecular flexibility index (Phi) is 6.36. The molecule has 1 saturated heterocycles. The average molecular weight is 461 g/mol. The number of aromatic hydroxyl groups is 1. The first-order chi connectivity index (χ1) is 16.3. The van der Waals surface area contributed by atoms with Gasteiger partial charge in [-0.25, -0.2) is 4.39 Å². The molecule has 3 aromatic carbocycles. The summed E-state index contributed by atoms with van der Waals surface area (Å²) in [5, 5.41) is 21.3. The van der Waals surface area contributed by atoms with Gasteiger partial charge in [0.2, 0.25) is 0 Å². The standard InChI is InChI=1S/C27H24FNO5/c1-3-34-22-12-9-19(13-16(22)2)25(31)23-24(18-5-4-6-21(30)14-18)29(27(33)26(23)32)15-17-7-10-20(28)11-8-17/h4-14,24,30-31H,3,15H2,1-2H3/b25-23-. The van der Waals surface area contributed by atoms with Crippen molar-refractivity contribution in [1.29, 1.82) is 0 Å². The third-order valence-electron chi connectivity index (χ3n) is 5.74. The third-order valence-corrected chi connectivity index (χ3v) is 5.74. The number of carbonyl (C=O) groups excluding carboxylic acids is 2. The van der Waals surface area contributed by atoms with Gasteiger partial charge in [0.05, 0.1) is 18.2 Å². The molecule has 7 heteroatoms. The van der Waals surface area contributed by atoms with Crippen LogP contribution in [0.3, 0.4) is 0 Å². The molecule has 1 unspecified atom stereocenters. The number of aryl methyl sites for hydroxylation is 1. The number of ether oxygens (including phenoxy) is 1. The van der Waals surface area contributed by atoms with Crippen LogP contribution in [0.5, 0.6) is 11.5 Å². The molecule has 1 atom stereocenters. The fourth-order valence-electron chi connectivity index (χ4n) is 4.14. The number of ketones is 1. The number of carbonyl (C=O) groups is 2. The van der Waals surface area contributed by atoms with Gasteiger partial charge in [-0.05, 0) is 73.0 Å². The maximum Gasteiger partial charge on any atom is 0.295 e. The van der Waals surface area contributed by atoms with Crippen molar-refractivity contribution in [3.05, 3.63) is 100 Å². The topological polar surface area (TPSA) is 87.1 Å². The Bertz CT molecular complexity index is 1280. The molecule has 3 aromatic rings. The minimum absolute atomic E-state index is 0.0181. The SMILES string of the molecule is CCOc1ccc(/C(O)=C2/C(=O)C(=O)N(Cc3ccc(F)cc3)C2c2cccc(O)c2)cc1C. The number of hydrogen-bond acceptors (Lipinski definition) is 5. The molecule has 0 saturated carbocycles. The number of nitrogens with zero attached hydrogens (tertiary/aromatic N) is 1. The molecule has 1 aliphatic rings. The molecule has 0 bridgehead atoms. The van der Waals surface area contributed by atoms with E-state index in [9.17, 15) is 24.2 Å². The van der Waals surface area contributed by atoms with Crippen LogP contribution in [-0.2, 0) is 16.1 Å². The van der Waals surface area contributed by atoms with Gasteiger partial charge in [-0.2, -0.15) is 0 Å². The minimum Gasteiger partial charge on any atom is -0.508 e. The van der Waals surface area contributed by atoms with Crippen LogP contribution in [0.15, 0.2) is 72.3 Å². The number of phenols is 1. The summed E-state index contributed by atoms with van der Waals surface area (Å²) in [6.07, 6.45) is 0. The molecular formula is C27H24FNO5. The van der Waals surface area contributed by atoms with Gasteiger partial charge in [-0.15, -0.1) is 0 Å². The molecule has 0 aliphatic carbocycles. The Morgan fingerprint density at radius 1 is 1.06 bits per heavy atom. The second-order valence-corrected chi connectivity index (χ2v) is 8.06. The molecule has 0 radical (unpaired) electrons. The van der Waals surface area contributed by atoms with Crippen molar-refractivity contribution < 1.29 is 28.9 Å². The first-order valence-electron chi connectivity index (χ1n) is 10.9. The van der Waals surface area contributed by atoms with Crippen molar-refractivity contribution in [2.45, 2.75) is 26.4 Å². The second kappa shape index (κ2) is 9.39. The minimum atomic E-state index is -0.941. The summed E-state index contributed by atoms with van der Waals surface area (Å²) in [6, 6.07) is 15.9. The lowest BCUT2D eigenvalue weighted by molar-refractivity contribution is -0.140. The van der Waals surface area contributed by atoms with Gasteiger partial charge in [0.1, 0.15) is 23.1 Å². The summed E-state index contributed by atoms with van der Waals surface area (Å²) >= 11 is 0. The number of hydrogen-bond donors (Lipinski definition) is 2. The molecule has 0 aromatic heterocycles. The first kappa shape index (κ1) is 23.0. The average Bonchev–Trinajstić information content (AvgIpc) is 3.06. The normalized spacial score (nSPS) is 17.3. The zero-order valence-electron chi connectivity index (χ0n) is 18.8. The second-order valence-electron chi connectivity index (χ2n) is 8.06. The molecule has 34 heavy (non-hydrogen) atoms. The maximum absolute atomic E-state index is 13.4. The van der Waals surface area contributed by atoms with E-state index >= 15 is 0 Å². The van der Waals surface area contributed by atoms with Crippen LogP contribution in [0, 0.1) is 12.7 Å². The number of Topliss-reactive ketones (excluding diaryl/α,β-unsaturated/α-hetero) is 1. The Morgan fingerprint density at radius 3 is 2.44 bits per heavy atom. The molecule has 1 aliphatic heterocycles. The van der Waals surface area contributed by atoms with Gasteiger partial charge < -0.3 is 19.8 Å². The summed E-state index contributed by atoms with van der Waals surface area (Å²) < 4.78 is 18.9. The number of aliphatic hydroxyl groups excluding tert-OH is 1. The Labute approximate surface area is 196 Å². The lowest BCUT2D eigenvalue weighted by Crippen LogP contribution is -2.29. The van der Waals surface area contributed by atoms with Crippen LogP contribution in [0.4, 0.5) is 4.39 Å². The molecule has 1 amide bonds. The fourth-order valence-corrected chi connectivity index (χ4v) is 4.14. The number of amides is 1. The van der Waals surface area contributed by atoms with E-state index in [4.69, 9.17) is 4.74 Å². The summed E-state index contributed by atoms with van der Waals surface area (Å²) in [4.78, 5) is 27.5. The van der Waals surface area contributed by atoms with Crippen molar-refractivity contribution in [2.24, 2.45) is 0 Å². The number of benzene rings is 3. The third kappa shape index (κ3) is 4.37. The number of aliphatic hydroxyl groups is 1. The Hall–Kier alpha value is -4.13. The van der Waals surface area contributed by atoms with Crippen LogP contribution in [0.25, 0.3) is 5.76 Å². The van der Waals surface area contributed by atoms with E-state index in [-0.39, 0.29) is 23.6 Å². The highest BCUT2D eigenvalue weighted by molar-refractivity contribution is 6.46. The van der Waals surface area contributed by atoms with E-state index in [0.29, 0.717) is 29.0 Å². The summed E-state index contributed by atoms with van der Waals surface area (Å²) in [6.45, 7) is 4.19. The highest BCUT2D eigenvalue weighted by Crippen LogP contribution is 2.41. The summed E-state index contributed by atoms with van der Waals surface area (Å²) in [5.74, 6) is -1.75. The monoisotopic (exact) mass is 461 g/mol. The predicted octanol–water partition coefficient (Wildman–Crippen LogP) is 4.86. The maximum atomic E-state index is 13.4. The van der Waals surface area contributed by atoms with E-state index in [1.165, 1.54) is 41.3 Å². The van der Waals surface area contributed by atoms with E-state index in [2.05, 4.69) is 0 Å². The number of halogens is 1. The molecule has 0 spiro atoms. The van der Waals surface area contributed by atoms with Crippen molar-refractivity contribution in [3.63, 3.8) is 0 Å². The first-order valence-corrected chi connectivity index (χ1v) is 10.9. The molecule has 1 fully saturated rings. The predicted molar refractivity (Wildman–Crippen MR) is 125 cm³/mol. The van der Waals surface area contributed by atoms with E-state index in [0.717, 1.165) is 5.56 Å². The molecular weight excluding hydrogens is 437 g/mol. The van der Waals surface area contributed by atoms with Crippen molar-refractivity contribution in [3.8, 4) is 11.5 Å². The van der Waals surface area contributed by atoms with Crippen molar-refractivity contribution in [2.75, 3.05) is 6.61 Å². The quantitative estimate of drug-likeness (QED) is 0.311. The Morgan fingerprint density at radius 2 is 1.79 bits per heavy atom.